The van der Waals surface area contributed by atoms with Crippen molar-refractivity contribution in [2.45, 2.75) is 110 Å². The summed E-state index contributed by atoms with van der Waals surface area (Å²) in [6.07, 6.45) is 1.30. The Bertz CT molecular complexity index is 3600. The standard InChI is InChI=1S/C16H22O6.C12H14O4.C11H11BrO4.C11H13NO4.C10H10O4.C8H6O6/c1-5-7-21-13-9(3)12(16(19)20)14(22-8-6-2)10(4)11(13)15(17)18;1-5-6(2)10(12(15)16)8(4)7(3)9(5)11(13)14;2*1-4-5(2)8(11(15)16)9(12)6(3)7(4)10(13)14;1-13-9(11)7-3-5-8(6-4-7)10(12)14-2;9-5-1-3(7(11)12)6(10)2-4(5)8(13)14/h5-8H2,1-4H3,(H,17,18)(H,19,20);1-4H3,(H,13,14)(H,15,16);1-3H3,(H,13,14)(H,15,16);12H2,1-3H3,(H,13,14)(H,15,16);3-6H,1-2H3;1-2,9-10H,(H,11,12)(H,13,14)/p-10. The van der Waals surface area contributed by atoms with Crippen molar-refractivity contribution in [3.05, 3.63) is 174 Å². The number of nitrogens with two attached hydrogens (primary N) is 1. The molecule has 6 aromatic carbocycles. The van der Waals surface area contributed by atoms with Gasteiger partial charge < -0.3 is 124 Å². The van der Waals surface area contributed by atoms with Gasteiger partial charge in [-0.05, 0) is 192 Å². The lowest BCUT2D eigenvalue weighted by Crippen LogP contribution is -2.29. The number of esters is 2. The Labute approximate surface area is 569 Å². The quantitative estimate of drug-likeness (QED) is 0.0739. The summed E-state index contributed by atoms with van der Waals surface area (Å²) in [6.45, 7) is 22.5. The Hall–Kier alpha value is -11.6. The number of anilines is 1. The van der Waals surface area contributed by atoms with E-state index in [1.807, 2.05) is 13.8 Å². The van der Waals surface area contributed by atoms with Crippen molar-refractivity contribution in [3.8, 4) is 23.0 Å². The third kappa shape index (κ3) is 20.2. The number of rotatable bonds is 18. The van der Waals surface area contributed by atoms with Gasteiger partial charge in [0, 0.05) is 65.8 Å². The first-order chi connectivity index (χ1) is 45.3. The van der Waals surface area contributed by atoms with Crippen molar-refractivity contribution in [1.29, 1.82) is 0 Å². The molecule has 0 saturated heterocycles. The van der Waals surface area contributed by atoms with Crippen LogP contribution in [0, 0.1) is 83.1 Å². The number of hydrogen-bond acceptors (Lipinski definition) is 27. The van der Waals surface area contributed by atoms with E-state index in [0.29, 0.717) is 86.2 Å². The average Bonchev–Trinajstić information content (AvgIpc) is 0.793. The summed E-state index contributed by atoms with van der Waals surface area (Å²) in [7, 11) is 2.60. The van der Waals surface area contributed by atoms with Gasteiger partial charge in [0.2, 0.25) is 0 Å². The maximum atomic E-state index is 11.5. The zero-order chi connectivity index (χ0) is 76.1. The van der Waals surface area contributed by atoms with E-state index in [0.717, 1.165) is 0 Å². The van der Waals surface area contributed by atoms with Crippen LogP contribution in [0.4, 0.5) is 5.69 Å². The summed E-state index contributed by atoms with van der Waals surface area (Å²) in [4.78, 5) is 131. The number of methoxy groups -OCH3 is 2. The minimum absolute atomic E-state index is 0.00222. The fourth-order valence-electron chi connectivity index (χ4n) is 9.42. The fraction of sp³-hybridized carbons (Fsp3) is 0.294. The van der Waals surface area contributed by atoms with Gasteiger partial charge in [0.15, 0.2) is 0 Å². The molecule has 528 valence electrons. The van der Waals surface area contributed by atoms with Crippen LogP contribution in [0.25, 0.3) is 0 Å². The molecule has 0 heterocycles. The Morgan fingerprint density at radius 1 is 0.378 bits per heavy atom. The van der Waals surface area contributed by atoms with E-state index in [1.165, 1.54) is 87.0 Å². The smallest absolute Gasteiger partial charge is 0.337 e. The van der Waals surface area contributed by atoms with Gasteiger partial charge in [-0.25, -0.2) is 19.2 Å². The zero-order valence-electron chi connectivity index (χ0n) is 55.8. The molecule has 98 heavy (non-hydrogen) atoms. The van der Waals surface area contributed by atoms with Crippen LogP contribution in [-0.4, -0.2) is 109 Å². The van der Waals surface area contributed by atoms with E-state index < -0.39 is 94.3 Å². The van der Waals surface area contributed by atoms with Crippen LogP contribution in [0.3, 0.4) is 0 Å². The van der Waals surface area contributed by atoms with E-state index in [2.05, 4.69) is 25.4 Å². The highest BCUT2D eigenvalue weighted by atomic mass is 79.9. The summed E-state index contributed by atoms with van der Waals surface area (Å²) >= 11 is 3.07. The third-order valence-corrected chi connectivity index (χ3v) is 15.9. The fourth-order valence-corrected chi connectivity index (χ4v) is 10.1. The van der Waals surface area contributed by atoms with Crippen molar-refractivity contribution in [1.82, 2.24) is 0 Å². The maximum absolute atomic E-state index is 11.5. The van der Waals surface area contributed by atoms with Gasteiger partial charge in [0.05, 0.1) is 97.4 Å². The number of benzene rings is 6. The van der Waals surface area contributed by atoms with Crippen molar-refractivity contribution < 1.29 is 138 Å². The van der Waals surface area contributed by atoms with E-state index >= 15 is 0 Å². The molecule has 0 fully saturated rings. The third-order valence-electron chi connectivity index (χ3n) is 14.9. The van der Waals surface area contributed by atoms with Gasteiger partial charge in [-0.3, -0.25) is 0 Å². The molecule has 0 amide bonds. The molecule has 6 aromatic rings. The Morgan fingerprint density at radius 2 is 0.612 bits per heavy atom. The summed E-state index contributed by atoms with van der Waals surface area (Å²) in [5.41, 5.74) is 8.38. The van der Waals surface area contributed by atoms with Crippen LogP contribution in [0.15, 0.2) is 40.9 Å². The Kier molecular flexibility index (Phi) is 31.8. The molecule has 4 N–H and O–H groups in total. The lowest BCUT2D eigenvalue weighted by molar-refractivity contribution is -0.275. The molecule has 0 bridgehead atoms. The molecule has 0 saturated carbocycles. The van der Waals surface area contributed by atoms with E-state index in [1.54, 1.807) is 34.6 Å². The molecular weight excluding hydrogens is 1360 g/mol. The molecular formula is C68H66BrNO28-10. The van der Waals surface area contributed by atoms with Crippen molar-refractivity contribution in [2.75, 3.05) is 33.2 Å². The molecule has 0 aliphatic rings. The lowest BCUT2D eigenvalue weighted by atomic mass is 9.89. The molecule has 0 radical (unpaired) electrons. The number of ether oxygens (including phenoxy) is 4. The molecule has 0 aliphatic carbocycles. The number of aromatic carboxylic acids is 10. The van der Waals surface area contributed by atoms with Gasteiger partial charge in [-0.1, -0.05) is 37.5 Å². The minimum atomic E-state index is -1.55. The predicted octanol–water partition coefficient (Wildman–Crippen LogP) is -0.232. The first kappa shape index (κ1) is 84.5. The second kappa shape index (κ2) is 36.9. The molecule has 30 heteroatoms. The zero-order valence-corrected chi connectivity index (χ0v) is 57.3. The molecule has 0 spiro atoms. The molecule has 0 atom stereocenters. The van der Waals surface area contributed by atoms with Gasteiger partial charge in [-0.15, -0.1) is 0 Å². The van der Waals surface area contributed by atoms with Crippen LogP contribution in [0.1, 0.15) is 218 Å². The molecule has 29 nitrogen and oxygen atoms in total. The minimum Gasteiger partial charge on any atom is -0.872 e. The van der Waals surface area contributed by atoms with E-state index in [-0.39, 0.29) is 96.1 Å². The first-order valence-electron chi connectivity index (χ1n) is 28.5. The van der Waals surface area contributed by atoms with Crippen LogP contribution >= 0.6 is 15.9 Å². The topological polar surface area (TPSA) is 539 Å². The van der Waals surface area contributed by atoms with Crippen molar-refractivity contribution in [2.24, 2.45) is 0 Å². The molecule has 0 aromatic heterocycles. The maximum Gasteiger partial charge on any atom is 0.337 e. The van der Waals surface area contributed by atoms with Crippen LogP contribution in [0.2, 0.25) is 0 Å². The van der Waals surface area contributed by atoms with Gasteiger partial charge in [-0.2, -0.15) is 0 Å². The number of carboxylic acid groups (broad SMARTS) is 10. The second-order valence-corrected chi connectivity index (χ2v) is 21.7. The monoisotopic (exact) mass is 1420 g/mol. The van der Waals surface area contributed by atoms with E-state index in [9.17, 15) is 109 Å². The Morgan fingerprint density at radius 3 is 0.847 bits per heavy atom. The lowest BCUT2D eigenvalue weighted by Gasteiger charge is -2.24. The average molecular weight is 1430 g/mol. The number of halogens is 1. The normalized spacial score (nSPS) is 10.1. The van der Waals surface area contributed by atoms with Gasteiger partial charge in [0.25, 0.3) is 0 Å². The number of carbonyl (C=O) groups is 12. The summed E-state index contributed by atoms with van der Waals surface area (Å²) in [5, 5.41) is 127. The predicted molar refractivity (Wildman–Crippen MR) is 329 cm³/mol. The first-order valence-corrected chi connectivity index (χ1v) is 29.3. The summed E-state index contributed by atoms with van der Waals surface area (Å²) in [6, 6.07) is 7.06. The molecule has 0 aliphatic heterocycles. The van der Waals surface area contributed by atoms with Gasteiger partial charge >= 0.3 is 23.9 Å². The molecule has 0 unspecified atom stereocenters. The van der Waals surface area contributed by atoms with Crippen LogP contribution in [0.5, 0.6) is 23.0 Å². The number of hydrogen-bond donors (Lipinski definition) is 3. The number of nitrogen functional groups attached to an aromatic ring is 1. The molecule has 6 rings (SSSR count). The van der Waals surface area contributed by atoms with Crippen LogP contribution in [-0.2, 0) is 9.47 Å². The summed E-state index contributed by atoms with van der Waals surface area (Å²) in [5.74, 6) is -16.8. The summed E-state index contributed by atoms with van der Waals surface area (Å²) < 4.78 is 20.1. The van der Waals surface area contributed by atoms with E-state index in [4.69, 9.17) is 25.4 Å². The number of carbonyl (C=O) groups excluding carboxylic acids is 10. The van der Waals surface area contributed by atoms with Crippen molar-refractivity contribution in [3.63, 3.8) is 0 Å². The van der Waals surface area contributed by atoms with Crippen molar-refractivity contribution >= 4 is 93.2 Å². The Balaban J connectivity index is 0.000000592. The number of carboxylic acids is 10. The van der Waals surface area contributed by atoms with Gasteiger partial charge in [0.1, 0.15) is 11.5 Å². The highest BCUT2D eigenvalue weighted by Gasteiger charge is 2.24. The highest BCUT2D eigenvalue weighted by molar-refractivity contribution is 9.10. The second-order valence-electron chi connectivity index (χ2n) is 20.9. The highest BCUT2D eigenvalue weighted by Crippen LogP contribution is 2.39. The SMILES string of the molecule is CCCOc1c(C)c(C(=O)[O-])c(OCCC)c(C)c1C(=O)[O-].COC(=O)c1ccc(C(=O)OC)cc1.Cc1c(C)c(C(=O)[O-])c(Br)c(C)c1C(=O)[O-].Cc1c(C)c(C(=O)[O-])c(C)c(C)c1C(=O)[O-].Cc1c(C)c(C(=O)[O-])c(N)c(C)c1C(=O)[O-].O=C(O)c1cc([O-])c(C(=O)O)cc1[O-]. The van der Waals surface area contributed by atoms with Crippen LogP contribution < -0.4 is 66.3 Å². The largest absolute Gasteiger partial charge is 0.872 e.